The third-order valence-corrected chi connectivity index (χ3v) is 2.57. The first kappa shape index (κ1) is 24.6. The number of esters is 5. The number of hydrogen-bond donors (Lipinski definition) is 1. The molecular formula is C16H20O12. The number of carboxylic acids is 1. The highest BCUT2D eigenvalue weighted by atomic mass is 16.6. The third kappa shape index (κ3) is 9.31. The zero-order valence-corrected chi connectivity index (χ0v) is 15.8. The van der Waals surface area contributed by atoms with Crippen LogP contribution in [0, 0.1) is 0 Å². The molecule has 12 heteroatoms. The fraction of sp³-hybridized carbons (Fsp3) is 0.500. The Bertz CT molecular complexity index is 690. The second-order valence-electron chi connectivity index (χ2n) is 5.17. The Kier molecular flexibility index (Phi) is 9.92. The average molecular weight is 404 g/mol. The minimum atomic E-state index is -1.89. The second-order valence-corrected chi connectivity index (χ2v) is 5.17. The van der Waals surface area contributed by atoms with E-state index in [1.54, 1.807) is 0 Å². The van der Waals surface area contributed by atoms with E-state index < -0.39 is 66.1 Å². The first-order valence-corrected chi connectivity index (χ1v) is 7.67. The molecule has 0 aromatic carbocycles. The standard InChI is InChI=1S/C16H20O12/c1-7(17)24-6-12(25-8(2)18)13(26-9(3)19)14(27-10(4)20)15(16(22)23)28-11(5)21/h12-13H,6H2,1-5H3,(H,22,23). The Morgan fingerprint density at radius 1 is 0.714 bits per heavy atom. The Hall–Kier alpha value is -3.44. The van der Waals surface area contributed by atoms with Gasteiger partial charge in [-0.2, -0.15) is 0 Å². The van der Waals surface area contributed by atoms with Crippen molar-refractivity contribution in [1.29, 1.82) is 0 Å². The van der Waals surface area contributed by atoms with Crippen molar-refractivity contribution in [3.63, 3.8) is 0 Å². The maximum Gasteiger partial charge on any atom is 0.375 e. The molecular weight excluding hydrogens is 384 g/mol. The molecule has 2 atom stereocenters. The maximum absolute atomic E-state index is 11.5. The van der Waals surface area contributed by atoms with Crippen molar-refractivity contribution in [2.45, 2.75) is 46.8 Å². The predicted octanol–water partition coefficient (Wildman–Crippen LogP) is -0.165. The van der Waals surface area contributed by atoms with Gasteiger partial charge in [-0.1, -0.05) is 0 Å². The van der Waals surface area contributed by atoms with Crippen LogP contribution < -0.4 is 0 Å². The first-order valence-electron chi connectivity index (χ1n) is 7.67. The largest absolute Gasteiger partial charge is 0.475 e. The molecule has 0 saturated carbocycles. The number of carbonyl (C=O) groups is 6. The van der Waals surface area contributed by atoms with Crippen LogP contribution in [0.3, 0.4) is 0 Å². The van der Waals surface area contributed by atoms with Crippen LogP contribution in [-0.4, -0.2) is 59.7 Å². The fourth-order valence-corrected chi connectivity index (χ4v) is 1.80. The zero-order valence-electron chi connectivity index (χ0n) is 15.8. The molecule has 156 valence electrons. The highest BCUT2D eigenvalue weighted by Crippen LogP contribution is 2.22. The van der Waals surface area contributed by atoms with Gasteiger partial charge in [0.05, 0.1) is 0 Å². The lowest BCUT2D eigenvalue weighted by Gasteiger charge is -2.27. The molecule has 0 fully saturated rings. The summed E-state index contributed by atoms with van der Waals surface area (Å²) in [4.78, 5) is 68.1. The summed E-state index contributed by atoms with van der Waals surface area (Å²) in [5, 5.41) is 9.31. The van der Waals surface area contributed by atoms with Crippen LogP contribution in [0.25, 0.3) is 0 Å². The smallest absolute Gasteiger partial charge is 0.375 e. The highest BCUT2D eigenvalue weighted by molar-refractivity contribution is 5.89. The summed E-state index contributed by atoms with van der Waals surface area (Å²) in [7, 11) is 0. The molecule has 0 bridgehead atoms. The predicted molar refractivity (Wildman–Crippen MR) is 85.9 cm³/mol. The van der Waals surface area contributed by atoms with E-state index in [0.717, 1.165) is 34.6 Å². The molecule has 0 spiro atoms. The highest BCUT2D eigenvalue weighted by Gasteiger charge is 2.39. The van der Waals surface area contributed by atoms with Crippen LogP contribution in [0.5, 0.6) is 0 Å². The quantitative estimate of drug-likeness (QED) is 0.233. The van der Waals surface area contributed by atoms with Crippen LogP contribution >= 0.6 is 0 Å². The minimum Gasteiger partial charge on any atom is -0.475 e. The van der Waals surface area contributed by atoms with Crippen LogP contribution in [0.15, 0.2) is 11.5 Å². The summed E-state index contributed by atoms with van der Waals surface area (Å²) < 4.78 is 23.9. The van der Waals surface area contributed by atoms with E-state index >= 15 is 0 Å². The molecule has 0 rings (SSSR count). The van der Waals surface area contributed by atoms with Gasteiger partial charge in [0.2, 0.25) is 11.9 Å². The van der Waals surface area contributed by atoms with Crippen molar-refractivity contribution in [2.75, 3.05) is 6.61 Å². The molecule has 0 aliphatic carbocycles. The molecule has 0 aromatic heterocycles. The van der Waals surface area contributed by atoms with Crippen molar-refractivity contribution in [3.8, 4) is 0 Å². The van der Waals surface area contributed by atoms with E-state index in [0.29, 0.717) is 0 Å². The van der Waals surface area contributed by atoms with E-state index in [1.165, 1.54) is 0 Å². The van der Waals surface area contributed by atoms with Gasteiger partial charge in [0.1, 0.15) is 6.61 Å². The van der Waals surface area contributed by atoms with Gasteiger partial charge >= 0.3 is 35.8 Å². The minimum absolute atomic E-state index is 0.690. The van der Waals surface area contributed by atoms with E-state index in [4.69, 9.17) is 18.9 Å². The molecule has 0 aromatic rings. The molecule has 0 aliphatic heterocycles. The van der Waals surface area contributed by atoms with Crippen LogP contribution in [0.4, 0.5) is 0 Å². The number of carboxylic acid groups (broad SMARTS) is 1. The first-order chi connectivity index (χ1) is 12.8. The molecule has 0 saturated heterocycles. The Balaban J connectivity index is 6.50. The Morgan fingerprint density at radius 2 is 1.21 bits per heavy atom. The van der Waals surface area contributed by atoms with Gasteiger partial charge in [-0.25, -0.2) is 4.79 Å². The summed E-state index contributed by atoms with van der Waals surface area (Å²) >= 11 is 0. The Morgan fingerprint density at radius 3 is 1.57 bits per heavy atom. The summed E-state index contributed by atoms with van der Waals surface area (Å²) in [5.41, 5.74) is 0. The summed E-state index contributed by atoms with van der Waals surface area (Å²) in [5.74, 6) is -8.84. The number of rotatable bonds is 9. The fourth-order valence-electron chi connectivity index (χ4n) is 1.80. The summed E-state index contributed by atoms with van der Waals surface area (Å²) in [6.07, 6.45) is -3.51. The molecule has 1 N–H and O–H groups in total. The van der Waals surface area contributed by atoms with E-state index in [9.17, 15) is 33.9 Å². The van der Waals surface area contributed by atoms with Crippen LogP contribution in [0.2, 0.25) is 0 Å². The summed E-state index contributed by atoms with van der Waals surface area (Å²) in [6, 6.07) is 0. The van der Waals surface area contributed by atoms with E-state index in [-0.39, 0.29) is 0 Å². The second kappa shape index (κ2) is 11.3. The van der Waals surface area contributed by atoms with E-state index in [2.05, 4.69) is 4.74 Å². The van der Waals surface area contributed by atoms with Crippen molar-refractivity contribution in [1.82, 2.24) is 0 Å². The van der Waals surface area contributed by atoms with Gasteiger partial charge in [0, 0.05) is 34.6 Å². The number of ether oxygens (including phenoxy) is 5. The zero-order chi connectivity index (χ0) is 22.0. The van der Waals surface area contributed by atoms with Gasteiger partial charge in [0.15, 0.2) is 6.10 Å². The number of hydrogen-bond acceptors (Lipinski definition) is 11. The summed E-state index contributed by atoms with van der Waals surface area (Å²) in [6.45, 7) is 4.02. The van der Waals surface area contributed by atoms with Crippen molar-refractivity contribution < 1.29 is 57.6 Å². The van der Waals surface area contributed by atoms with Gasteiger partial charge in [-0.15, -0.1) is 0 Å². The SMILES string of the molecule is CC(=O)OCC(OC(C)=O)C(OC(C)=O)C(OC(C)=O)=C(OC(C)=O)C(=O)O. The Labute approximate surface area is 159 Å². The molecule has 28 heavy (non-hydrogen) atoms. The van der Waals surface area contributed by atoms with Gasteiger partial charge in [0.25, 0.3) is 5.76 Å². The number of carbonyl (C=O) groups excluding carboxylic acids is 5. The van der Waals surface area contributed by atoms with Crippen LogP contribution in [0.1, 0.15) is 34.6 Å². The van der Waals surface area contributed by atoms with Crippen LogP contribution in [-0.2, 0) is 52.5 Å². The normalized spacial score (nSPS) is 13.2. The maximum atomic E-state index is 11.5. The lowest BCUT2D eigenvalue weighted by molar-refractivity contribution is -0.175. The molecule has 0 radical (unpaired) electrons. The van der Waals surface area contributed by atoms with Crippen molar-refractivity contribution in [2.24, 2.45) is 0 Å². The molecule has 0 heterocycles. The molecule has 2 unspecified atom stereocenters. The average Bonchev–Trinajstić information content (AvgIpc) is 2.51. The third-order valence-electron chi connectivity index (χ3n) is 2.57. The van der Waals surface area contributed by atoms with Gasteiger partial charge in [-0.05, 0) is 0 Å². The monoisotopic (exact) mass is 404 g/mol. The molecule has 0 aliphatic rings. The van der Waals surface area contributed by atoms with Gasteiger partial charge in [-0.3, -0.25) is 24.0 Å². The van der Waals surface area contributed by atoms with Crippen molar-refractivity contribution in [3.05, 3.63) is 11.5 Å². The molecule has 0 amide bonds. The lowest BCUT2D eigenvalue weighted by Crippen LogP contribution is -2.42. The molecule has 12 nitrogen and oxygen atoms in total. The van der Waals surface area contributed by atoms with Crippen molar-refractivity contribution >= 4 is 35.8 Å². The topological polar surface area (TPSA) is 169 Å². The van der Waals surface area contributed by atoms with Gasteiger partial charge < -0.3 is 28.8 Å². The number of aliphatic carboxylic acids is 1. The van der Waals surface area contributed by atoms with E-state index in [1.807, 2.05) is 0 Å². The lowest BCUT2D eigenvalue weighted by atomic mass is 10.1.